The lowest BCUT2D eigenvalue weighted by atomic mass is 10.1. The fraction of sp³-hybridized carbons (Fsp3) is 0.400. The molecular weight excluding hydrogens is 303 g/mol. The molecule has 2 heterocycles. The molecular formula is C15H17FN4O3. The van der Waals surface area contributed by atoms with Crippen LogP contribution in [-0.4, -0.2) is 47.4 Å². The van der Waals surface area contributed by atoms with Crippen LogP contribution < -0.4 is 16.0 Å². The number of nitrogens with zero attached hydrogens (tertiary/aromatic N) is 1. The minimum Gasteiger partial charge on any atom is -0.343 e. The summed E-state index contributed by atoms with van der Waals surface area (Å²) in [5.74, 6) is -0.722. The molecule has 3 atom stereocenters. The first-order chi connectivity index (χ1) is 10.9. The van der Waals surface area contributed by atoms with Crippen LogP contribution in [0.25, 0.3) is 0 Å². The van der Waals surface area contributed by atoms with Gasteiger partial charge >= 0.3 is 6.03 Å². The van der Waals surface area contributed by atoms with Gasteiger partial charge in [-0.15, -0.1) is 0 Å². The highest BCUT2D eigenvalue weighted by Crippen LogP contribution is 2.22. The Morgan fingerprint density at radius 2 is 2.00 bits per heavy atom. The van der Waals surface area contributed by atoms with E-state index in [4.69, 9.17) is 0 Å². The zero-order valence-electron chi connectivity index (χ0n) is 12.5. The quantitative estimate of drug-likeness (QED) is 0.738. The lowest BCUT2D eigenvalue weighted by Gasteiger charge is -2.32. The molecule has 2 saturated heterocycles. The summed E-state index contributed by atoms with van der Waals surface area (Å²) in [5, 5.41) is 7.95. The summed E-state index contributed by atoms with van der Waals surface area (Å²) < 4.78 is 12.8. The fourth-order valence-electron chi connectivity index (χ4n) is 2.94. The van der Waals surface area contributed by atoms with Crippen LogP contribution in [-0.2, 0) is 9.59 Å². The summed E-state index contributed by atoms with van der Waals surface area (Å²) in [5.41, 5.74) is 0.460. The molecule has 3 N–H and O–H groups in total. The molecule has 23 heavy (non-hydrogen) atoms. The Hall–Kier alpha value is -2.64. The Morgan fingerprint density at radius 3 is 2.70 bits per heavy atom. The molecule has 2 aliphatic rings. The third-order valence-electron chi connectivity index (χ3n) is 4.05. The van der Waals surface area contributed by atoms with Crippen molar-refractivity contribution in [3.63, 3.8) is 0 Å². The summed E-state index contributed by atoms with van der Waals surface area (Å²) in [6, 6.07) is 3.56. The van der Waals surface area contributed by atoms with E-state index >= 15 is 0 Å². The molecule has 0 bridgehead atoms. The molecule has 0 aliphatic carbocycles. The van der Waals surface area contributed by atoms with Gasteiger partial charge in [0.15, 0.2) is 0 Å². The molecule has 2 aliphatic heterocycles. The first-order valence-corrected chi connectivity index (χ1v) is 7.38. The van der Waals surface area contributed by atoms with Crippen molar-refractivity contribution in [1.82, 2.24) is 15.5 Å². The average molecular weight is 320 g/mol. The third kappa shape index (κ3) is 3.10. The second-order valence-corrected chi connectivity index (χ2v) is 5.77. The largest absolute Gasteiger partial charge is 0.343 e. The summed E-state index contributed by atoms with van der Waals surface area (Å²) >= 11 is 0. The van der Waals surface area contributed by atoms with E-state index in [1.807, 2.05) is 0 Å². The van der Waals surface area contributed by atoms with E-state index in [2.05, 4.69) is 16.0 Å². The van der Waals surface area contributed by atoms with E-state index in [0.29, 0.717) is 18.7 Å². The minimum absolute atomic E-state index is 0.141. The number of nitrogens with one attached hydrogen (secondary N) is 3. The van der Waals surface area contributed by atoms with E-state index in [1.165, 1.54) is 29.2 Å². The molecule has 0 aromatic heterocycles. The van der Waals surface area contributed by atoms with Crippen LogP contribution in [0, 0.1) is 5.82 Å². The summed E-state index contributed by atoms with van der Waals surface area (Å²) in [6.07, 6.45) is 0.376. The highest BCUT2D eigenvalue weighted by atomic mass is 19.1. The van der Waals surface area contributed by atoms with E-state index < -0.39 is 18.1 Å². The van der Waals surface area contributed by atoms with E-state index in [0.717, 1.165) is 0 Å². The number of carbonyl (C=O) groups excluding carboxylic acids is 3. The molecule has 0 unspecified atom stereocenters. The maximum Gasteiger partial charge on any atom is 0.319 e. The number of halogens is 1. The van der Waals surface area contributed by atoms with Crippen LogP contribution >= 0.6 is 0 Å². The fourth-order valence-corrected chi connectivity index (χ4v) is 2.94. The number of benzene rings is 1. The predicted molar refractivity (Wildman–Crippen MR) is 80.1 cm³/mol. The first-order valence-electron chi connectivity index (χ1n) is 7.38. The van der Waals surface area contributed by atoms with Gasteiger partial charge in [0, 0.05) is 12.2 Å². The predicted octanol–water partition coefficient (Wildman–Crippen LogP) is 0.435. The van der Waals surface area contributed by atoms with Crippen molar-refractivity contribution in [2.45, 2.75) is 31.5 Å². The highest BCUT2D eigenvalue weighted by Gasteiger charge is 2.45. The van der Waals surface area contributed by atoms with Gasteiger partial charge in [0.1, 0.15) is 17.9 Å². The standard InChI is InChI=1S/C15H17FN4O3/c1-8-14(22)20-7-11(6-12(20)13(21)17-8)19-15(23)18-10-4-2-9(16)3-5-10/h2-5,8,11-12H,6-7H2,1H3,(H,17,21)(H2,18,19,23)/t8-,11-,12-/m0/s1. The van der Waals surface area contributed by atoms with Gasteiger partial charge in [-0.05, 0) is 37.6 Å². The van der Waals surface area contributed by atoms with Crippen LogP contribution in [0.2, 0.25) is 0 Å². The van der Waals surface area contributed by atoms with Crippen LogP contribution in [0.3, 0.4) is 0 Å². The molecule has 1 aromatic rings. The minimum atomic E-state index is -0.537. The van der Waals surface area contributed by atoms with Crippen molar-refractivity contribution in [2.24, 2.45) is 0 Å². The molecule has 122 valence electrons. The molecule has 4 amide bonds. The van der Waals surface area contributed by atoms with Gasteiger partial charge in [-0.3, -0.25) is 9.59 Å². The van der Waals surface area contributed by atoms with Gasteiger partial charge in [-0.25, -0.2) is 9.18 Å². The monoisotopic (exact) mass is 320 g/mol. The summed E-state index contributed by atoms with van der Waals surface area (Å²) in [6.45, 7) is 1.94. The second-order valence-electron chi connectivity index (χ2n) is 5.77. The summed E-state index contributed by atoms with van der Waals surface area (Å²) in [7, 11) is 0. The Bertz CT molecular complexity index is 649. The zero-order chi connectivity index (χ0) is 16.6. The number of fused-ring (bicyclic) bond motifs is 1. The van der Waals surface area contributed by atoms with Gasteiger partial charge < -0.3 is 20.9 Å². The van der Waals surface area contributed by atoms with Gasteiger partial charge in [-0.2, -0.15) is 0 Å². The van der Waals surface area contributed by atoms with E-state index in [-0.39, 0.29) is 23.7 Å². The molecule has 7 nitrogen and oxygen atoms in total. The number of amides is 4. The van der Waals surface area contributed by atoms with Gasteiger partial charge in [0.2, 0.25) is 11.8 Å². The average Bonchev–Trinajstić information content (AvgIpc) is 2.92. The summed E-state index contributed by atoms with van der Waals surface area (Å²) in [4.78, 5) is 37.4. The maximum atomic E-state index is 12.8. The Balaban J connectivity index is 1.59. The van der Waals surface area contributed by atoms with Crippen LogP contribution in [0.1, 0.15) is 13.3 Å². The number of hydrogen-bond acceptors (Lipinski definition) is 3. The topological polar surface area (TPSA) is 90.5 Å². The smallest absolute Gasteiger partial charge is 0.319 e. The number of rotatable bonds is 2. The van der Waals surface area contributed by atoms with Crippen LogP contribution in [0.15, 0.2) is 24.3 Å². The van der Waals surface area contributed by atoms with E-state index in [9.17, 15) is 18.8 Å². The Labute approximate surface area is 132 Å². The van der Waals surface area contributed by atoms with Crippen molar-refractivity contribution in [3.8, 4) is 0 Å². The first kappa shape index (κ1) is 15.3. The maximum absolute atomic E-state index is 12.8. The molecule has 8 heteroatoms. The molecule has 2 fully saturated rings. The van der Waals surface area contributed by atoms with E-state index in [1.54, 1.807) is 6.92 Å². The third-order valence-corrected chi connectivity index (χ3v) is 4.05. The molecule has 0 saturated carbocycles. The number of piperazine rings is 1. The van der Waals surface area contributed by atoms with Crippen molar-refractivity contribution in [3.05, 3.63) is 30.1 Å². The van der Waals surface area contributed by atoms with Gasteiger partial charge in [-0.1, -0.05) is 0 Å². The van der Waals surface area contributed by atoms with Crippen LogP contribution in [0.5, 0.6) is 0 Å². The SMILES string of the molecule is C[C@@H]1NC(=O)[C@@H]2C[C@H](NC(=O)Nc3ccc(F)cc3)CN2C1=O. The van der Waals surface area contributed by atoms with Crippen molar-refractivity contribution < 1.29 is 18.8 Å². The van der Waals surface area contributed by atoms with Crippen molar-refractivity contribution in [1.29, 1.82) is 0 Å². The van der Waals surface area contributed by atoms with Crippen molar-refractivity contribution in [2.75, 3.05) is 11.9 Å². The van der Waals surface area contributed by atoms with Crippen molar-refractivity contribution >= 4 is 23.5 Å². The highest BCUT2D eigenvalue weighted by molar-refractivity contribution is 5.97. The number of anilines is 1. The molecule has 1 aromatic carbocycles. The molecule has 0 radical (unpaired) electrons. The normalized spacial score (nSPS) is 26.5. The zero-order valence-corrected chi connectivity index (χ0v) is 12.5. The molecule has 0 spiro atoms. The lowest BCUT2D eigenvalue weighted by Crippen LogP contribution is -2.60. The van der Waals surface area contributed by atoms with Gasteiger partial charge in [0.05, 0.1) is 6.04 Å². The second kappa shape index (κ2) is 5.86. The Kier molecular flexibility index (Phi) is 3.89. The lowest BCUT2D eigenvalue weighted by molar-refractivity contribution is -0.146. The van der Waals surface area contributed by atoms with Crippen LogP contribution in [0.4, 0.5) is 14.9 Å². The van der Waals surface area contributed by atoms with Gasteiger partial charge in [0.25, 0.3) is 0 Å². The number of carbonyl (C=O) groups is 3. The number of hydrogen-bond donors (Lipinski definition) is 3. The molecule has 3 rings (SSSR count). The number of urea groups is 1. The Morgan fingerprint density at radius 1 is 1.30 bits per heavy atom.